The average Bonchev–Trinajstić information content (AvgIpc) is 2.86. The van der Waals surface area contributed by atoms with E-state index in [2.05, 4.69) is 21.5 Å². The van der Waals surface area contributed by atoms with E-state index in [0.29, 0.717) is 5.92 Å². The van der Waals surface area contributed by atoms with Gasteiger partial charge in [-0.3, -0.25) is 0 Å². The Morgan fingerprint density at radius 1 is 1.33 bits per heavy atom. The van der Waals surface area contributed by atoms with Gasteiger partial charge in [-0.2, -0.15) is 5.10 Å². The van der Waals surface area contributed by atoms with E-state index in [4.69, 9.17) is 4.98 Å². The Kier molecular flexibility index (Phi) is 2.91. The number of anilines is 1. The Morgan fingerprint density at radius 2 is 2.11 bits per heavy atom. The zero-order valence-corrected chi connectivity index (χ0v) is 10.9. The highest BCUT2D eigenvalue weighted by molar-refractivity contribution is 5.68. The van der Waals surface area contributed by atoms with Gasteiger partial charge in [0.2, 0.25) is 0 Å². The molecule has 0 radical (unpaired) electrons. The van der Waals surface area contributed by atoms with Crippen LogP contribution in [0.2, 0.25) is 0 Å². The maximum absolute atomic E-state index is 4.83. The quantitative estimate of drug-likeness (QED) is 0.865. The summed E-state index contributed by atoms with van der Waals surface area (Å²) in [6, 6.07) is 2.01. The fourth-order valence-corrected chi connectivity index (χ4v) is 2.57. The molecular weight excluding hydrogens is 226 g/mol. The molecule has 2 aromatic rings. The van der Waals surface area contributed by atoms with Crippen molar-refractivity contribution >= 4 is 11.3 Å². The summed E-state index contributed by atoms with van der Waals surface area (Å²) in [5, 5.41) is 7.75. The highest BCUT2D eigenvalue weighted by Gasteiger charge is 2.19. The molecule has 3 rings (SSSR count). The summed E-state index contributed by atoms with van der Waals surface area (Å²) >= 11 is 0. The van der Waals surface area contributed by atoms with Crippen molar-refractivity contribution < 1.29 is 0 Å². The molecule has 18 heavy (non-hydrogen) atoms. The van der Waals surface area contributed by atoms with E-state index < -0.39 is 0 Å². The molecule has 1 aliphatic heterocycles. The van der Waals surface area contributed by atoms with Crippen molar-refractivity contribution in [3.05, 3.63) is 24.2 Å². The summed E-state index contributed by atoms with van der Waals surface area (Å²) in [5.41, 5.74) is 2.23. The molecule has 0 atom stereocenters. The van der Waals surface area contributed by atoms with Gasteiger partial charge in [0.15, 0.2) is 5.82 Å². The molecule has 0 bridgehead atoms. The second-order valence-corrected chi connectivity index (χ2v) is 5.07. The molecule has 0 unspecified atom stereocenters. The van der Waals surface area contributed by atoms with E-state index in [1.54, 1.807) is 0 Å². The van der Waals surface area contributed by atoms with Crippen molar-refractivity contribution in [2.24, 2.45) is 0 Å². The largest absolute Gasteiger partial charge is 0.361 e. The van der Waals surface area contributed by atoms with Gasteiger partial charge in [-0.25, -0.2) is 9.50 Å². The van der Waals surface area contributed by atoms with Crippen molar-refractivity contribution in [3.8, 4) is 0 Å². The van der Waals surface area contributed by atoms with Crippen molar-refractivity contribution in [2.45, 2.75) is 18.8 Å². The summed E-state index contributed by atoms with van der Waals surface area (Å²) in [7, 11) is 4.06. The standard InChI is InChI=1S/C13H19N5/c1-17(2)13-12-5-8-15-18(12)9-11(16-13)10-3-6-14-7-4-10/h5,8-10,14H,3-4,6-7H2,1-2H3. The third-order valence-corrected chi connectivity index (χ3v) is 3.57. The molecule has 1 N–H and O–H groups in total. The smallest absolute Gasteiger partial charge is 0.154 e. The minimum atomic E-state index is 0.554. The van der Waals surface area contributed by atoms with Gasteiger partial charge in [0.25, 0.3) is 0 Å². The first kappa shape index (κ1) is 11.5. The Bertz CT molecular complexity index is 539. The SMILES string of the molecule is CN(C)c1nc(C2CCNCC2)cn2nccc12. The van der Waals surface area contributed by atoms with Crippen LogP contribution < -0.4 is 10.2 Å². The second kappa shape index (κ2) is 4.57. The van der Waals surface area contributed by atoms with Gasteiger partial charge in [-0.05, 0) is 32.0 Å². The van der Waals surface area contributed by atoms with Crippen LogP contribution in [0.3, 0.4) is 0 Å². The number of aromatic nitrogens is 3. The summed E-state index contributed by atoms with van der Waals surface area (Å²) in [6.07, 6.45) is 6.23. The van der Waals surface area contributed by atoms with Crippen LogP contribution >= 0.6 is 0 Å². The van der Waals surface area contributed by atoms with Crippen LogP contribution in [0.5, 0.6) is 0 Å². The molecule has 0 amide bonds. The third kappa shape index (κ3) is 1.95. The van der Waals surface area contributed by atoms with Gasteiger partial charge in [0.05, 0.1) is 18.1 Å². The number of hydrogen-bond acceptors (Lipinski definition) is 4. The van der Waals surface area contributed by atoms with E-state index >= 15 is 0 Å². The van der Waals surface area contributed by atoms with Gasteiger partial charge in [0.1, 0.15) is 5.52 Å². The lowest BCUT2D eigenvalue weighted by atomic mass is 9.95. The lowest BCUT2D eigenvalue weighted by Gasteiger charge is -2.23. The molecule has 5 heteroatoms. The van der Waals surface area contributed by atoms with Gasteiger partial charge >= 0.3 is 0 Å². The van der Waals surface area contributed by atoms with E-state index in [1.165, 1.54) is 0 Å². The van der Waals surface area contributed by atoms with Crippen molar-refractivity contribution in [1.82, 2.24) is 19.9 Å². The minimum Gasteiger partial charge on any atom is -0.361 e. The molecule has 0 aromatic carbocycles. The number of nitrogens with one attached hydrogen (secondary N) is 1. The van der Waals surface area contributed by atoms with Crippen LogP contribution in [-0.2, 0) is 0 Å². The third-order valence-electron chi connectivity index (χ3n) is 3.57. The lowest BCUT2D eigenvalue weighted by Crippen LogP contribution is -2.27. The fourth-order valence-electron chi connectivity index (χ4n) is 2.57. The van der Waals surface area contributed by atoms with Crippen LogP contribution in [0.4, 0.5) is 5.82 Å². The molecule has 3 heterocycles. The molecule has 5 nitrogen and oxygen atoms in total. The number of rotatable bonds is 2. The lowest BCUT2D eigenvalue weighted by molar-refractivity contribution is 0.451. The van der Waals surface area contributed by atoms with Crippen molar-refractivity contribution in [1.29, 1.82) is 0 Å². The highest BCUT2D eigenvalue weighted by Crippen LogP contribution is 2.26. The first-order valence-electron chi connectivity index (χ1n) is 6.48. The summed E-state index contributed by atoms with van der Waals surface area (Å²) in [6.45, 7) is 2.17. The van der Waals surface area contributed by atoms with Crippen molar-refractivity contribution in [3.63, 3.8) is 0 Å². The van der Waals surface area contributed by atoms with Crippen LogP contribution in [0.15, 0.2) is 18.5 Å². The second-order valence-electron chi connectivity index (χ2n) is 5.07. The molecule has 2 aromatic heterocycles. The topological polar surface area (TPSA) is 45.5 Å². The zero-order valence-electron chi connectivity index (χ0n) is 10.9. The normalized spacial score (nSPS) is 17.2. The Labute approximate surface area is 107 Å². The van der Waals surface area contributed by atoms with Crippen LogP contribution in [-0.4, -0.2) is 41.8 Å². The van der Waals surface area contributed by atoms with Gasteiger partial charge in [-0.1, -0.05) is 0 Å². The molecule has 0 saturated carbocycles. The molecule has 1 saturated heterocycles. The monoisotopic (exact) mass is 245 g/mol. The van der Waals surface area contributed by atoms with Crippen LogP contribution in [0.25, 0.3) is 5.52 Å². The first-order valence-corrected chi connectivity index (χ1v) is 6.48. The highest BCUT2D eigenvalue weighted by atomic mass is 15.3. The van der Waals surface area contributed by atoms with E-state index in [1.807, 2.05) is 30.9 Å². The van der Waals surface area contributed by atoms with Gasteiger partial charge in [-0.15, -0.1) is 0 Å². The number of nitrogens with zero attached hydrogens (tertiary/aromatic N) is 4. The number of fused-ring (bicyclic) bond motifs is 1. The van der Waals surface area contributed by atoms with E-state index in [-0.39, 0.29) is 0 Å². The maximum atomic E-state index is 4.83. The predicted molar refractivity (Wildman–Crippen MR) is 72.2 cm³/mol. The molecule has 96 valence electrons. The predicted octanol–water partition coefficient (Wildman–Crippen LogP) is 1.26. The molecule has 1 fully saturated rings. The summed E-state index contributed by atoms with van der Waals surface area (Å²) < 4.78 is 1.94. The first-order chi connectivity index (χ1) is 8.75. The fraction of sp³-hybridized carbons (Fsp3) is 0.538. The number of hydrogen-bond donors (Lipinski definition) is 1. The van der Waals surface area contributed by atoms with E-state index in [0.717, 1.165) is 43.0 Å². The Morgan fingerprint density at radius 3 is 2.83 bits per heavy atom. The Hall–Kier alpha value is -1.62. The summed E-state index contributed by atoms with van der Waals surface area (Å²) in [4.78, 5) is 6.89. The molecule has 1 aliphatic rings. The van der Waals surface area contributed by atoms with Gasteiger partial charge < -0.3 is 10.2 Å². The van der Waals surface area contributed by atoms with Gasteiger partial charge in [0, 0.05) is 20.0 Å². The molecular formula is C13H19N5. The summed E-state index contributed by atoms with van der Waals surface area (Å²) in [5.74, 6) is 1.56. The Balaban J connectivity index is 2.06. The zero-order chi connectivity index (χ0) is 12.5. The van der Waals surface area contributed by atoms with Crippen LogP contribution in [0, 0.1) is 0 Å². The maximum Gasteiger partial charge on any atom is 0.154 e. The minimum absolute atomic E-state index is 0.554. The number of piperidine rings is 1. The van der Waals surface area contributed by atoms with Crippen LogP contribution in [0.1, 0.15) is 24.5 Å². The average molecular weight is 245 g/mol. The molecule has 0 spiro atoms. The molecule has 0 aliphatic carbocycles. The van der Waals surface area contributed by atoms with Crippen molar-refractivity contribution in [2.75, 3.05) is 32.1 Å². The van der Waals surface area contributed by atoms with E-state index in [9.17, 15) is 0 Å².